The van der Waals surface area contributed by atoms with Crippen molar-refractivity contribution >= 4 is 5.97 Å². The number of hydrogen-bond acceptors (Lipinski definition) is 3. The quantitative estimate of drug-likeness (QED) is 0.363. The summed E-state index contributed by atoms with van der Waals surface area (Å²) in [7, 11) is 0. The number of aliphatic carboxylic acids is 1. The van der Waals surface area contributed by atoms with Crippen molar-refractivity contribution in [2.24, 2.45) is 11.8 Å². The molecular weight excluding hydrogens is 316 g/mol. The highest BCUT2D eigenvalue weighted by atomic mass is 16.4. The second-order valence-corrected chi connectivity index (χ2v) is 7.06. The molecule has 25 heavy (non-hydrogen) atoms. The predicted molar refractivity (Wildman–Crippen MR) is 101 cm³/mol. The van der Waals surface area contributed by atoms with Crippen LogP contribution in [0.2, 0.25) is 0 Å². The van der Waals surface area contributed by atoms with E-state index in [0.717, 1.165) is 44.1 Å². The molecule has 1 fully saturated rings. The van der Waals surface area contributed by atoms with E-state index in [2.05, 4.69) is 13.5 Å². The Morgan fingerprint density at radius 3 is 2.76 bits per heavy atom. The Balaban J connectivity index is 2.48. The number of carboxylic acid groups (broad SMARTS) is 1. The summed E-state index contributed by atoms with van der Waals surface area (Å²) in [6.07, 6.45) is 14.1. The van der Waals surface area contributed by atoms with Crippen LogP contribution in [0.15, 0.2) is 36.5 Å². The molecule has 4 nitrogen and oxygen atoms in total. The Bertz CT molecular complexity index is 467. The molecule has 4 heteroatoms. The molecule has 4 atom stereocenters. The number of carbonyl (C=O) groups is 1. The summed E-state index contributed by atoms with van der Waals surface area (Å²) in [6, 6.07) is 0. The highest BCUT2D eigenvalue weighted by Gasteiger charge is 2.35. The third-order valence-corrected chi connectivity index (χ3v) is 4.88. The van der Waals surface area contributed by atoms with Crippen molar-refractivity contribution in [1.82, 2.24) is 0 Å². The fourth-order valence-corrected chi connectivity index (χ4v) is 3.37. The maximum absolute atomic E-state index is 10.5. The summed E-state index contributed by atoms with van der Waals surface area (Å²) in [5.41, 5.74) is 1.02. The van der Waals surface area contributed by atoms with E-state index in [0.29, 0.717) is 12.8 Å². The molecule has 0 aromatic heterocycles. The van der Waals surface area contributed by atoms with Crippen LogP contribution in [0, 0.1) is 11.8 Å². The predicted octanol–water partition coefficient (Wildman–Crippen LogP) is 4.24. The molecule has 1 aliphatic carbocycles. The van der Waals surface area contributed by atoms with Gasteiger partial charge in [-0.05, 0) is 38.0 Å². The normalized spacial score (nSPS) is 25.2. The van der Waals surface area contributed by atoms with Gasteiger partial charge in [-0.25, -0.2) is 0 Å². The summed E-state index contributed by atoms with van der Waals surface area (Å²) >= 11 is 0. The lowest BCUT2D eigenvalue weighted by Crippen LogP contribution is -2.18. The molecule has 0 spiro atoms. The summed E-state index contributed by atoms with van der Waals surface area (Å²) in [5, 5.41) is 28.9. The first-order chi connectivity index (χ1) is 12.0. The summed E-state index contributed by atoms with van der Waals surface area (Å²) in [4.78, 5) is 10.5. The number of unbranched alkanes of at least 4 members (excludes halogenated alkanes) is 3. The van der Waals surface area contributed by atoms with Crippen LogP contribution in [0.3, 0.4) is 0 Å². The van der Waals surface area contributed by atoms with Crippen LogP contribution in [0.25, 0.3) is 0 Å². The molecule has 0 aromatic carbocycles. The lowest BCUT2D eigenvalue weighted by Gasteiger charge is -2.18. The van der Waals surface area contributed by atoms with Gasteiger partial charge in [-0.15, -0.1) is 0 Å². The molecular formula is C21H34O4. The molecule has 0 radical (unpaired) electrons. The minimum absolute atomic E-state index is 0.0855. The first-order valence-electron chi connectivity index (χ1n) is 9.54. The van der Waals surface area contributed by atoms with Crippen LogP contribution in [0.5, 0.6) is 0 Å². The highest BCUT2D eigenvalue weighted by molar-refractivity contribution is 5.66. The maximum Gasteiger partial charge on any atom is 0.303 e. The average Bonchev–Trinajstić information content (AvgIpc) is 2.82. The van der Waals surface area contributed by atoms with Gasteiger partial charge in [-0.2, -0.15) is 0 Å². The van der Waals surface area contributed by atoms with Gasteiger partial charge in [-0.3, -0.25) is 4.79 Å². The van der Waals surface area contributed by atoms with E-state index in [9.17, 15) is 15.0 Å². The number of hydrogen-bond donors (Lipinski definition) is 3. The van der Waals surface area contributed by atoms with Crippen molar-refractivity contribution in [3.05, 3.63) is 36.5 Å². The molecule has 0 aromatic rings. The molecule has 0 saturated heterocycles. The maximum atomic E-state index is 10.5. The highest BCUT2D eigenvalue weighted by Crippen LogP contribution is 2.39. The fraction of sp³-hybridized carbons (Fsp3) is 0.667. The first-order valence-corrected chi connectivity index (χ1v) is 9.54. The molecule has 1 aliphatic rings. The molecule has 0 heterocycles. The monoisotopic (exact) mass is 350 g/mol. The van der Waals surface area contributed by atoms with E-state index in [1.807, 2.05) is 24.3 Å². The summed E-state index contributed by atoms with van der Waals surface area (Å²) in [5.74, 6) is -0.583. The summed E-state index contributed by atoms with van der Waals surface area (Å²) < 4.78 is 0. The second-order valence-electron chi connectivity index (χ2n) is 7.06. The van der Waals surface area contributed by atoms with E-state index in [4.69, 9.17) is 5.11 Å². The standard InChI is InChI=1S/C21H34O4/c1-3-4-7-10-17(22)13-14-18-16(2)15-20(23)19(18)11-8-5-6-9-12-21(24)25/h5,8,13-14,17-20,22-23H,2-4,6-7,9-12,15H2,1H3,(H,24,25)/b8-5-,14-13+/t17?,18-,19+,20?/m0/s1. The molecule has 0 bridgehead atoms. The largest absolute Gasteiger partial charge is 0.481 e. The lowest BCUT2D eigenvalue weighted by atomic mass is 9.89. The molecule has 142 valence electrons. The van der Waals surface area contributed by atoms with Crippen molar-refractivity contribution in [2.45, 2.75) is 76.9 Å². The van der Waals surface area contributed by atoms with Crippen molar-refractivity contribution < 1.29 is 20.1 Å². The van der Waals surface area contributed by atoms with Crippen molar-refractivity contribution in [3.63, 3.8) is 0 Å². The van der Waals surface area contributed by atoms with E-state index in [1.165, 1.54) is 0 Å². The smallest absolute Gasteiger partial charge is 0.303 e. The van der Waals surface area contributed by atoms with Gasteiger partial charge in [0.15, 0.2) is 0 Å². The van der Waals surface area contributed by atoms with Crippen LogP contribution in [-0.2, 0) is 4.79 Å². The van der Waals surface area contributed by atoms with Crippen molar-refractivity contribution in [1.29, 1.82) is 0 Å². The van der Waals surface area contributed by atoms with Crippen molar-refractivity contribution in [3.8, 4) is 0 Å². The topological polar surface area (TPSA) is 77.8 Å². The number of aliphatic hydroxyl groups is 2. The van der Waals surface area contributed by atoms with E-state index < -0.39 is 18.2 Å². The zero-order valence-corrected chi connectivity index (χ0v) is 15.4. The number of carboxylic acids is 1. The fourth-order valence-electron chi connectivity index (χ4n) is 3.37. The van der Waals surface area contributed by atoms with Gasteiger partial charge in [0.25, 0.3) is 0 Å². The molecule has 1 rings (SSSR count). The Morgan fingerprint density at radius 1 is 1.32 bits per heavy atom. The van der Waals surface area contributed by atoms with Crippen LogP contribution in [-0.4, -0.2) is 33.5 Å². The number of allylic oxidation sites excluding steroid dienone is 3. The third-order valence-electron chi connectivity index (χ3n) is 4.88. The number of aliphatic hydroxyl groups excluding tert-OH is 2. The second kappa shape index (κ2) is 12.0. The first kappa shape index (κ1) is 21.7. The Hall–Kier alpha value is -1.39. The van der Waals surface area contributed by atoms with Crippen LogP contribution >= 0.6 is 0 Å². The Labute approximate surface area is 152 Å². The van der Waals surface area contributed by atoms with Crippen LogP contribution in [0.1, 0.15) is 64.7 Å². The molecule has 0 aliphatic heterocycles. The number of rotatable bonds is 12. The third kappa shape index (κ3) is 8.50. The van der Waals surface area contributed by atoms with Gasteiger partial charge in [0.2, 0.25) is 0 Å². The van der Waals surface area contributed by atoms with Gasteiger partial charge in [0.1, 0.15) is 0 Å². The van der Waals surface area contributed by atoms with Gasteiger partial charge < -0.3 is 15.3 Å². The zero-order valence-electron chi connectivity index (χ0n) is 15.4. The Kier molecular flexibility index (Phi) is 10.4. The van der Waals surface area contributed by atoms with E-state index in [1.54, 1.807) is 0 Å². The molecule has 2 unspecified atom stereocenters. The van der Waals surface area contributed by atoms with Crippen LogP contribution < -0.4 is 0 Å². The Morgan fingerprint density at radius 2 is 2.08 bits per heavy atom. The van der Waals surface area contributed by atoms with E-state index >= 15 is 0 Å². The van der Waals surface area contributed by atoms with E-state index in [-0.39, 0.29) is 18.3 Å². The zero-order chi connectivity index (χ0) is 18.7. The van der Waals surface area contributed by atoms with Gasteiger partial charge in [-0.1, -0.05) is 62.6 Å². The SMILES string of the molecule is C=C1CC(O)[C@H](C/C=C\CCCC(=O)O)[C@H]1/C=C/C(O)CCCCC. The van der Waals surface area contributed by atoms with Crippen molar-refractivity contribution in [2.75, 3.05) is 0 Å². The lowest BCUT2D eigenvalue weighted by molar-refractivity contribution is -0.137. The molecule has 0 amide bonds. The van der Waals surface area contributed by atoms with Gasteiger partial charge in [0.05, 0.1) is 12.2 Å². The minimum Gasteiger partial charge on any atom is -0.481 e. The molecule has 1 saturated carbocycles. The minimum atomic E-state index is -0.765. The van der Waals surface area contributed by atoms with Gasteiger partial charge >= 0.3 is 5.97 Å². The van der Waals surface area contributed by atoms with Crippen LogP contribution in [0.4, 0.5) is 0 Å². The average molecular weight is 350 g/mol. The van der Waals surface area contributed by atoms with Gasteiger partial charge in [0, 0.05) is 12.3 Å². The summed E-state index contributed by atoms with van der Waals surface area (Å²) in [6.45, 7) is 6.23. The molecule has 3 N–H and O–H groups in total.